The van der Waals surface area contributed by atoms with Gasteiger partial charge in [0.1, 0.15) is 6.33 Å². The Morgan fingerprint density at radius 1 is 1.30 bits per heavy atom. The Morgan fingerprint density at radius 3 is 2.91 bits per heavy atom. The van der Waals surface area contributed by atoms with Crippen LogP contribution in [-0.2, 0) is 6.54 Å². The minimum absolute atomic E-state index is 0. The van der Waals surface area contributed by atoms with Crippen molar-refractivity contribution in [2.75, 3.05) is 0 Å². The third kappa shape index (κ3) is 4.57. The lowest BCUT2D eigenvalue weighted by Crippen LogP contribution is -2.26. The Bertz CT molecular complexity index is 749. The van der Waals surface area contributed by atoms with Crippen LogP contribution < -0.4 is 5.62 Å². The van der Waals surface area contributed by atoms with Gasteiger partial charge >= 0.3 is 0 Å². The molecule has 0 aliphatic heterocycles. The van der Waals surface area contributed by atoms with Gasteiger partial charge in [0.25, 0.3) is 0 Å². The molecule has 23 heavy (non-hydrogen) atoms. The second kappa shape index (κ2) is 8.71. The van der Waals surface area contributed by atoms with Crippen molar-refractivity contribution in [3.8, 4) is 11.3 Å². The highest BCUT2D eigenvalue weighted by Crippen LogP contribution is 2.12. The summed E-state index contributed by atoms with van der Waals surface area (Å²) in [6.07, 6.45) is 17.5. The average Bonchev–Trinajstić information content (AvgIpc) is 2.58. The lowest BCUT2D eigenvalue weighted by atomic mass is 10.1. The Balaban J connectivity index is 0.00000192. The van der Waals surface area contributed by atoms with Crippen molar-refractivity contribution in [2.24, 2.45) is 4.99 Å². The number of allylic oxidation sites excluding steroid dienone is 2. The second-order valence-corrected chi connectivity index (χ2v) is 5.18. The first-order valence-electron chi connectivity index (χ1n) is 7.57. The number of aryl methyl sites for hydroxylation is 1. The van der Waals surface area contributed by atoms with E-state index >= 15 is 0 Å². The minimum atomic E-state index is 0. The summed E-state index contributed by atoms with van der Waals surface area (Å²) in [5.41, 5.74) is 2.62. The zero-order valence-corrected chi connectivity index (χ0v) is 15.4. The summed E-state index contributed by atoms with van der Waals surface area (Å²) in [5, 5.41) is 0. The minimum Gasteiger partial charge on any atom is -0.317 e. The standard InChI is InChI=1S/C17H19N5.HI/c1-2-10-22-12-14(16-8-9-18-13-20-16)11-19-17(22)21-15-6-4-3-5-7-15;/h3-6,8-9,11-13,15H,2,7,10H2,1H3;1H. The van der Waals surface area contributed by atoms with Crippen LogP contribution in [-0.4, -0.2) is 25.6 Å². The summed E-state index contributed by atoms with van der Waals surface area (Å²) in [4.78, 5) is 17.5. The van der Waals surface area contributed by atoms with Crippen LogP contribution in [0.3, 0.4) is 0 Å². The lowest BCUT2D eigenvalue weighted by molar-refractivity contribution is 0.604. The second-order valence-electron chi connectivity index (χ2n) is 5.18. The summed E-state index contributed by atoms with van der Waals surface area (Å²) >= 11 is 0. The van der Waals surface area contributed by atoms with Crippen LogP contribution in [0.25, 0.3) is 11.3 Å². The van der Waals surface area contributed by atoms with Gasteiger partial charge in [0, 0.05) is 30.7 Å². The van der Waals surface area contributed by atoms with Gasteiger partial charge in [-0.15, -0.1) is 24.0 Å². The molecule has 0 saturated heterocycles. The monoisotopic (exact) mass is 421 g/mol. The maximum atomic E-state index is 4.75. The Hall–Kier alpha value is -1.83. The number of aromatic nitrogens is 4. The third-order valence-corrected chi connectivity index (χ3v) is 3.45. The summed E-state index contributed by atoms with van der Waals surface area (Å²) in [6.45, 7) is 3.04. The molecule has 0 aromatic carbocycles. The molecule has 0 bridgehead atoms. The first kappa shape index (κ1) is 17.5. The molecule has 2 aromatic rings. The van der Waals surface area contributed by atoms with Crippen LogP contribution in [0.1, 0.15) is 19.8 Å². The van der Waals surface area contributed by atoms with Gasteiger partial charge in [0.2, 0.25) is 5.62 Å². The van der Waals surface area contributed by atoms with Crippen molar-refractivity contribution in [1.29, 1.82) is 0 Å². The summed E-state index contributed by atoms with van der Waals surface area (Å²) < 4.78 is 2.10. The van der Waals surface area contributed by atoms with Crippen molar-refractivity contribution in [1.82, 2.24) is 19.5 Å². The molecule has 0 radical (unpaired) electrons. The average molecular weight is 421 g/mol. The molecule has 0 N–H and O–H groups in total. The summed E-state index contributed by atoms with van der Waals surface area (Å²) in [6, 6.07) is 2.06. The molecule has 1 unspecified atom stereocenters. The van der Waals surface area contributed by atoms with Gasteiger partial charge in [-0.05, 0) is 18.9 Å². The molecule has 2 heterocycles. The Labute approximate surface area is 153 Å². The molecule has 1 atom stereocenters. The van der Waals surface area contributed by atoms with Gasteiger partial charge in [-0.25, -0.2) is 19.9 Å². The maximum absolute atomic E-state index is 4.75. The van der Waals surface area contributed by atoms with Crippen LogP contribution in [0.5, 0.6) is 0 Å². The largest absolute Gasteiger partial charge is 0.317 e. The van der Waals surface area contributed by atoms with Crippen molar-refractivity contribution < 1.29 is 0 Å². The molecular formula is C17H20IN5. The van der Waals surface area contributed by atoms with Crippen molar-refractivity contribution in [3.05, 3.63) is 60.9 Å². The fourth-order valence-corrected chi connectivity index (χ4v) is 2.38. The molecule has 0 amide bonds. The molecule has 1 aliphatic rings. The molecule has 3 rings (SSSR count). The zero-order valence-electron chi connectivity index (χ0n) is 13.0. The number of halogens is 1. The number of hydrogen-bond acceptors (Lipinski definition) is 4. The van der Waals surface area contributed by atoms with E-state index in [1.54, 1.807) is 12.5 Å². The molecule has 2 aromatic heterocycles. The highest BCUT2D eigenvalue weighted by molar-refractivity contribution is 14.0. The van der Waals surface area contributed by atoms with Crippen molar-refractivity contribution in [3.63, 3.8) is 0 Å². The summed E-state index contributed by atoms with van der Waals surface area (Å²) in [7, 11) is 0. The van der Waals surface area contributed by atoms with E-state index in [9.17, 15) is 0 Å². The smallest absolute Gasteiger partial charge is 0.225 e. The van der Waals surface area contributed by atoms with E-state index in [2.05, 4.69) is 50.9 Å². The van der Waals surface area contributed by atoms with Gasteiger partial charge in [-0.2, -0.15) is 0 Å². The number of nitrogens with zero attached hydrogens (tertiary/aromatic N) is 5. The van der Waals surface area contributed by atoms with E-state index in [0.717, 1.165) is 36.3 Å². The van der Waals surface area contributed by atoms with Crippen LogP contribution in [0.4, 0.5) is 0 Å². The molecule has 1 aliphatic carbocycles. The quantitative estimate of drug-likeness (QED) is 0.713. The predicted octanol–water partition coefficient (Wildman–Crippen LogP) is 3.15. The van der Waals surface area contributed by atoms with E-state index < -0.39 is 0 Å². The van der Waals surface area contributed by atoms with Crippen molar-refractivity contribution in [2.45, 2.75) is 32.4 Å². The third-order valence-electron chi connectivity index (χ3n) is 3.45. The van der Waals surface area contributed by atoms with E-state index in [-0.39, 0.29) is 30.0 Å². The number of rotatable bonds is 4. The number of hydrogen-bond donors (Lipinski definition) is 0. The van der Waals surface area contributed by atoms with Gasteiger partial charge in [0.05, 0.1) is 11.7 Å². The van der Waals surface area contributed by atoms with Crippen LogP contribution in [0.2, 0.25) is 0 Å². The Kier molecular flexibility index (Phi) is 6.64. The molecule has 0 spiro atoms. The normalized spacial score (nSPS) is 17.1. The molecule has 6 heteroatoms. The van der Waals surface area contributed by atoms with Gasteiger partial charge in [-0.1, -0.05) is 31.2 Å². The van der Waals surface area contributed by atoms with Crippen LogP contribution >= 0.6 is 24.0 Å². The first-order valence-corrected chi connectivity index (χ1v) is 7.57. The zero-order chi connectivity index (χ0) is 15.2. The van der Waals surface area contributed by atoms with Gasteiger partial charge in [-0.3, -0.25) is 0 Å². The molecule has 0 fully saturated rings. The SMILES string of the molecule is CCCn1cc(-c2ccncn2)cnc1=NC1C=CC=CC1.I. The van der Waals surface area contributed by atoms with E-state index in [1.165, 1.54) is 0 Å². The van der Waals surface area contributed by atoms with Crippen LogP contribution in [0.15, 0.2) is 60.3 Å². The van der Waals surface area contributed by atoms with Crippen LogP contribution in [0, 0.1) is 0 Å². The van der Waals surface area contributed by atoms with E-state index in [4.69, 9.17) is 4.99 Å². The Morgan fingerprint density at radius 2 is 2.22 bits per heavy atom. The summed E-state index contributed by atoms with van der Waals surface area (Å²) in [5.74, 6) is 0. The fraction of sp³-hybridized carbons (Fsp3) is 0.294. The molecule has 0 saturated carbocycles. The highest BCUT2D eigenvalue weighted by Gasteiger charge is 2.06. The highest BCUT2D eigenvalue weighted by atomic mass is 127. The van der Waals surface area contributed by atoms with Crippen molar-refractivity contribution >= 4 is 24.0 Å². The van der Waals surface area contributed by atoms with E-state index in [1.807, 2.05) is 18.3 Å². The van der Waals surface area contributed by atoms with Gasteiger partial charge < -0.3 is 4.57 Å². The molecule has 120 valence electrons. The fourth-order valence-electron chi connectivity index (χ4n) is 2.38. The first-order chi connectivity index (χ1) is 10.9. The predicted molar refractivity (Wildman–Crippen MR) is 101 cm³/mol. The molecular weight excluding hydrogens is 401 g/mol. The topological polar surface area (TPSA) is 56.0 Å². The lowest BCUT2D eigenvalue weighted by Gasteiger charge is -2.11. The molecule has 5 nitrogen and oxygen atoms in total. The maximum Gasteiger partial charge on any atom is 0.225 e. The van der Waals surface area contributed by atoms with Gasteiger partial charge in [0.15, 0.2) is 0 Å². The van der Waals surface area contributed by atoms with E-state index in [0.29, 0.717) is 0 Å².